The van der Waals surface area contributed by atoms with E-state index in [-0.39, 0.29) is 11.9 Å². The Morgan fingerprint density at radius 3 is 2.69 bits per heavy atom. The Kier molecular flexibility index (Phi) is 4.24. The molecule has 1 aliphatic rings. The van der Waals surface area contributed by atoms with Crippen LogP contribution in [-0.2, 0) is 0 Å². The highest BCUT2D eigenvalue weighted by atomic mass is 32.2. The first-order valence-electron chi connectivity index (χ1n) is 5.85. The molecule has 1 aromatic carbocycles. The van der Waals surface area contributed by atoms with E-state index in [4.69, 9.17) is 5.73 Å². The van der Waals surface area contributed by atoms with E-state index in [0.29, 0.717) is 11.5 Å². The van der Waals surface area contributed by atoms with Crippen molar-refractivity contribution in [1.29, 1.82) is 0 Å². The molecule has 16 heavy (non-hydrogen) atoms. The smallest absolute Gasteiger partial charge is 0.127 e. The van der Waals surface area contributed by atoms with Crippen molar-refractivity contribution in [2.24, 2.45) is 11.7 Å². The quantitative estimate of drug-likeness (QED) is 0.875. The Morgan fingerprint density at radius 2 is 2.00 bits per heavy atom. The Balaban J connectivity index is 1.96. The highest BCUT2D eigenvalue weighted by Crippen LogP contribution is 2.30. The third kappa shape index (κ3) is 2.98. The van der Waals surface area contributed by atoms with Crippen molar-refractivity contribution in [2.45, 2.75) is 25.3 Å². The van der Waals surface area contributed by atoms with E-state index in [1.54, 1.807) is 12.1 Å². The van der Waals surface area contributed by atoms with Crippen molar-refractivity contribution in [1.82, 2.24) is 0 Å². The summed E-state index contributed by atoms with van der Waals surface area (Å²) in [7, 11) is 0. The number of rotatable bonds is 3. The SMILES string of the molecule is NC(CC1CCSCC1)c1ccccc1F. The molecular formula is C13H18FNS. The molecule has 88 valence electrons. The summed E-state index contributed by atoms with van der Waals surface area (Å²) in [5, 5.41) is 0. The molecular weight excluding hydrogens is 221 g/mol. The van der Waals surface area contributed by atoms with Gasteiger partial charge in [0, 0.05) is 11.6 Å². The zero-order chi connectivity index (χ0) is 11.4. The Labute approximate surface area is 101 Å². The van der Waals surface area contributed by atoms with Crippen molar-refractivity contribution in [3.63, 3.8) is 0 Å². The molecule has 1 aromatic rings. The molecule has 1 unspecified atom stereocenters. The van der Waals surface area contributed by atoms with E-state index in [2.05, 4.69) is 0 Å². The maximum atomic E-state index is 13.5. The number of thioether (sulfide) groups is 1. The van der Waals surface area contributed by atoms with Crippen LogP contribution in [0, 0.1) is 11.7 Å². The second-order valence-electron chi connectivity index (χ2n) is 4.42. The molecule has 0 saturated carbocycles. The minimum Gasteiger partial charge on any atom is -0.324 e. The number of nitrogens with two attached hydrogens (primary N) is 1. The maximum absolute atomic E-state index is 13.5. The van der Waals surface area contributed by atoms with E-state index in [9.17, 15) is 4.39 Å². The molecule has 2 rings (SSSR count). The molecule has 0 aromatic heterocycles. The fraction of sp³-hybridized carbons (Fsp3) is 0.538. The molecule has 0 bridgehead atoms. The second kappa shape index (κ2) is 5.69. The summed E-state index contributed by atoms with van der Waals surface area (Å²) in [4.78, 5) is 0. The van der Waals surface area contributed by atoms with Gasteiger partial charge in [0.25, 0.3) is 0 Å². The molecule has 1 aliphatic heterocycles. The van der Waals surface area contributed by atoms with Crippen molar-refractivity contribution in [3.05, 3.63) is 35.6 Å². The van der Waals surface area contributed by atoms with Crippen molar-refractivity contribution < 1.29 is 4.39 Å². The second-order valence-corrected chi connectivity index (χ2v) is 5.64. The van der Waals surface area contributed by atoms with Crippen LogP contribution in [0.1, 0.15) is 30.9 Å². The van der Waals surface area contributed by atoms with Crippen LogP contribution in [-0.4, -0.2) is 11.5 Å². The monoisotopic (exact) mass is 239 g/mol. The first kappa shape index (κ1) is 11.9. The van der Waals surface area contributed by atoms with Crippen molar-refractivity contribution in [2.75, 3.05) is 11.5 Å². The number of hydrogen-bond donors (Lipinski definition) is 1. The van der Waals surface area contributed by atoms with Crippen LogP contribution in [0.5, 0.6) is 0 Å². The summed E-state index contributed by atoms with van der Waals surface area (Å²) in [6, 6.07) is 6.72. The summed E-state index contributed by atoms with van der Waals surface area (Å²) >= 11 is 2.01. The Hall–Kier alpha value is -0.540. The van der Waals surface area contributed by atoms with Crippen LogP contribution in [0.25, 0.3) is 0 Å². The van der Waals surface area contributed by atoms with Gasteiger partial charge in [-0.2, -0.15) is 11.8 Å². The van der Waals surface area contributed by atoms with Crippen molar-refractivity contribution in [3.8, 4) is 0 Å². The van der Waals surface area contributed by atoms with Gasteiger partial charge in [0.2, 0.25) is 0 Å². The summed E-state index contributed by atoms with van der Waals surface area (Å²) in [6.45, 7) is 0. The molecule has 2 N–H and O–H groups in total. The van der Waals surface area contributed by atoms with Gasteiger partial charge in [0.1, 0.15) is 5.82 Å². The average molecular weight is 239 g/mol. The van der Waals surface area contributed by atoms with Gasteiger partial charge in [-0.05, 0) is 42.8 Å². The van der Waals surface area contributed by atoms with Crippen LogP contribution in [0.2, 0.25) is 0 Å². The summed E-state index contributed by atoms with van der Waals surface area (Å²) in [5.41, 5.74) is 6.75. The summed E-state index contributed by atoms with van der Waals surface area (Å²) in [6.07, 6.45) is 3.38. The normalized spacial score (nSPS) is 19.6. The van der Waals surface area contributed by atoms with Crippen LogP contribution < -0.4 is 5.73 Å². The van der Waals surface area contributed by atoms with Gasteiger partial charge in [-0.1, -0.05) is 18.2 Å². The maximum Gasteiger partial charge on any atom is 0.127 e. The first-order valence-corrected chi connectivity index (χ1v) is 7.00. The highest BCUT2D eigenvalue weighted by molar-refractivity contribution is 7.99. The predicted molar refractivity (Wildman–Crippen MR) is 68.0 cm³/mol. The lowest BCUT2D eigenvalue weighted by Crippen LogP contribution is -2.19. The predicted octanol–water partition coefficient (Wildman–Crippen LogP) is 3.36. The molecule has 0 aliphatic carbocycles. The van der Waals surface area contributed by atoms with E-state index >= 15 is 0 Å². The fourth-order valence-electron chi connectivity index (χ4n) is 2.24. The van der Waals surface area contributed by atoms with Gasteiger partial charge in [0.05, 0.1) is 0 Å². The molecule has 0 radical (unpaired) electrons. The van der Waals surface area contributed by atoms with Gasteiger partial charge in [-0.3, -0.25) is 0 Å². The lowest BCUT2D eigenvalue weighted by atomic mass is 9.91. The van der Waals surface area contributed by atoms with E-state index in [0.717, 1.165) is 6.42 Å². The number of hydrogen-bond acceptors (Lipinski definition) is 2. The average Bonchev–Trinajstić information content (AvgIpc) is 2.31. The van der Waals surface area contributed by atoms with Crippen LogP contribution in [0.4, 0.5) is 4.39 Å². The largest absolute Gasteiger partial charge is 0.324 e. The lowest BCUT2D eigenvalue weighted by molar-refractivity contribution is 0.406. The molecule has 1 saturated heterocycles. The zero-order valence-electron chi connectivity index (χ0n) is 9.36. The van der Waals surface area contributed by atoms with E-state index < -0.39 is 0 Å². The number of benzene rings is 1. The van der Waals surface area contributed by atoms with Crippen molar-refractivity contribution >= 4 is 11.8 Å². The van der Waals surface area contributed by atoms with Gasteiger partial charge >= 0.3 is 0 Å². The molecule has 0 amide bonds. The number of halogens is 1. The first-order chi connectivity index (χ1) is 7.77. The third-order valence-electron chi connectivity index (χ3n) is 3.23. The Morgan fingerprint density at radius 1 is 1.31 bits per heavy atom. The molecule has 0 spiro atoms. The van der Waals surface area contributed by atoms with Crippen LogP contribution in [0.3, 0.4) is 0 Å². The molecule has 1 heterocycles. The minimum atomic E-state index is -0.166. The molecule has 1 fully saturated rings. The zero-order valence-corrected chi connectivity index (χ0v) is 10.2. The topological polar surface area (TPSA) is 26.0 Å². The molecule has 1 nitrogen and oxygen atoms in total. The van der Waals surface area contributed by atoms with Gasteiger partial charge < -0.3 is 5.73 Å². The van der Waals surface area contributed by atoms with E-state index in [1.807, 2.05) is 17.8 Å². The van der Waals surface area contributed by atoms with Crippen LogP contribution >= 0.6 is 11.8 Å². The van der Waals surface area contributed by atoms with Gasteiger partial charge in [0.15, 0.2) is 0 Å². The van der Waals surface area contributed by atoms with E-state index in [1.165, 1.54) is 30.4 Å². The molecule has 3 heteroatoms. The summed E-state index contributed by atoms with van der Waals surface area (Å²) in [5.74, 6) is 2.97. The third-order valence-corrected chi connectivity index (χ3v) is 4.28. The highest BCUT2D eigenvalue weighted by Gasteiger charge is 2.19. The lowest BCUT2D eigenvalue weighted by Gasteiger charge is -2.24. The van der Waals surface area contributed by atoms with Gasteiger partial charge in [-0.15, -0.1) is 0 Å². The molecule has 1 atom stereocenters. The minimum absolute atomic E-state index is 0.144. The fourth-order valence-corrected chi connectivity index (χ4v) is 3.45. The Bertz CT molecular complexity index is 336. The standard InChI is InChI=1S/C13H18FNS/c14-12-4-2-1-3-11(12)13(15)9-10-5-7-16-8-6-10/h1-4,10,13H,5-9,15H2. The summed E-state index contributed by atoms with van der Waals surface area (Å²) < 4.78 is 13.5. The van der Waals surface area contributed by atoms with Crippen LogP contribution in [0.15, 0.2) is 24.3 Å². The van der Waals surface area contributed by atoms with Gasteiger partial charge in [-0.25, -0.2) is 4.39 Å².